The molecule has 0 atom stereocenters. The average Bonchev–Trinajstić information content (AvgIpc) is 2.72. The molecular weight excluding hydrogens is 168 g/mol. The lowest BCUT2D eigenvalue weighted by Crippen LogP contribution is -2.15. The Kier molecular flexibility index (Phi) is 1.28. The molecule has 2 aliphatic rings. The zero-order valence-electron chi connectivity index (χ0n) is 8.46. The van der Waals surface area contributed by atoms with Gasteiger partial charge in [-0.3, -0.25) is 0 Å². The first-order valence-corrected chi connectivity index (χ1v) is 4.98. The van der Waals surface area contributed by atoms with Gasteiger partial charge in [0.25, 0.3) is 0 Å². The maximum Gasteiger partial charge on any atom is 0.0165 e. The molecule has 0 spiro atoms. The Hall–Kier alpha value is -1.52. The number of rotatable bonds is 0. The smallest absolute Gasteiger partial charge is 0.0165 e. The van der Waals surface area contributed by atoms with Gasteiger partial charge >= 0.3 is 0 Å². The number of hydrogen-bond donors (Lipinski definition) is 0. The summed E-state index contributed by atoms with van der Waals surface area (Å²) in [5.41, 5.74) is 8.96. The van der Waals surface area contributed by atoms with Crippen LogP contribution in [0.1, 0.15) is 25.0 Å². The van der Waals surface area contributed by atoms with Crippen LogP contribution >= 0.6 is 0 Å². The molecule has 1 aromatic carbocycles. The lowest BCUT2D eigenvalue weighted by Gasteiger charge is -2.21. The quantitative estimate of drug-likeness (QED) is 0.536. The van der Waals surface area contributed by atoms with Crippen LogP contribution in [0.5, 0.6) is 0 Å². The molecule has 0 nitrogen and oxygen atoms in total. The Labute approximate surface area is 84.3 Å². The Balaban J connectivity index is 2.36. The molecule has 0 N–H and O–H groups in total. The number of allylic oxidation sites excluding steroid dienone is 3. The van der Waals surface area contributed by atoms with E-state index in [4.69, 9.17) is 0 Å². The molecule has 2 aliphatic carbocycles. The minimum Gasteiger partial charge on any atom is -0.120 e. The summed E-state index contributed by atoms with van der Waals surface area (Å²) in [6, 6.07) is 8.67. The van der Waals surface area contributed by atoms with Crippen LogP contribution < -0.4 is 0 Å². The van der Waals surface area contributed by atoms with Gasteiger partial charge in [0.05, 0.1) is 0 Å². The molecule has 0 aliphatic heterocycles. The van der Waals surface area contributed by atoms with Gasteiger partial charge in [0.15, 0.2) is 0 Å². The summed E-state index contributed by atoms with van der Waals surface area (Å²) in [6.45, 7) is 4.57. The second-order valence-corrected chi connectivity index (χ2v) is 4.45. The van der Waals surface area contributed by atoms with Gasteiger partial charge < -0.3 is 0 Å². The normalized spacial score (nSPS) is 20.1. The van der Waals surface area contributed by atoms with Crippen molar-refractivity contribution in [2.45, 2.75) is 19.3 Å². The predicted octanol–water partition coefficient (Wildman–Crippen LogP) is 3.46. The number of benzene rings is 1. The van der Waals surface area contributed by atoms with E-state index in [0.29, 0.717) is 0 Å². The van der Waals surface area contributed by atoms with Crippen molar-refractivity contribution in [1.82, 2.24) is 0 Å². The minimum absolute atomic E-state index is 0.159. The maximum absolute atomic E-state index is 3.20. The van der Waals surface area contributed by atoms with Crippen molar-refractivity contribution >= 4 is 5.57 Å². The molecule has 0 fully saturated rings. The van der Waals surface area contributed by atoms with Crippen LogP contribution in [0.4, 0.5) is 0 Å². The first-order valence-electron chi connectivity index (χ1n) is 4.98. The molecule has 68 valence electrons. The van der Waals surface area contributed by atoms with Gasteiger partial charge in [-0.1, -0.05) is 38.1 Å². The lowest BCUT2D eigenvalue weighted by molar-refractivity contribution is 0.655. The molecule has 0 saturated heterocycles. The number of hydrogen-bond acceptors (Lipinski definition) is 0. The molecule has 0 aromatic heterocycles. The van der Waals surface area contributed by atoms with Crippen molar-refractivity contribution < 1.29 is 0 Å². The van der Waals surface area contributed by atoms with Crippen LogP contribution in [0.3, 0.4) is 0 Å². The van der Waals surface area contributed by atoms with Gasteiger partial charge in [-0.25, -0.2) is 0 Å². The molecule has 0 unspecified atom stereocenters. The third kappa shape index (κ3) is 0.748. The third-order valence-electron chi connectivity index (χ3n) is 3.31. The highest BCUT2D eigenvalue weighted by atomic mass is 14.4. The first kappa shape index (κ1) is 7.84. The fraction of sp³-hybridized carbons (Fsp3) is 0.214. The predicted molar refractivity (Wildman–Crippen MR) is 59.0 cm³/mol. The molecule has 0 amide bonds. The van der Waals surface area contributed by atoms with E-state index >= 15 is 0 Å². The van der Waals surface area contributed by atoms with Gasteiger partial charge in [-0.15, -0.1) is 5.73 Å². The fourth-order valence-electron chi connectivity index (χ4n) is 2.51. The molecular formula is C14H12. The molecule has 3 rings (SSSR count). The third-order valence-corrected chi connectivity index (χ3v) is 3.31. The van der Waals surface area contributed by atoms with Crippen molar-refractivity contribution in [3.8, 4) is 0 Å². The summed E-state index contributed by atoms with van der Waals surface area (Å²) in [5.74, 6) is 0. The van der Waals surface area contributed by atoms with Crippen molar-refractivity contribution in [3.63, 3.8) is 0 Å². The van der Waals surface area contributed by atoms with Crippen LogP contribution in [0, 0.1) is 0 Å². The SMILES string of the molecule is CC1(C)C2=C(C=C=C2)c2ccccc21. The van der Waals surface area contributed by atoms with Crippen LogP contribution in [0.15, 0.2) is 47.7 Å². The summed E-state index contributed by atoms with van der Waals surface area (Å²) in [4.78, 5) is 0. The Morgan fingerprint density at radius 3 is 2.71 bits per heavy atom. The largest absolute Gasteiger partial charge is 0.120 e. The highest BCUT2D eigenvalue weighted by molar-refractivity contribution is 5.89. The van der Waals surface area contributed by atoms with Gasteiger partial charge in [0, 0.05) is 5.41 Å². The molecule has 0 heteroatoms. The van der Waals surface area contributed by atoms with Gasteiger partial charge in [0.2, 0.25) is 0 Å². The highest BCUT2D eigenvalue weighted by Crippen LogP contribution is 2.48. The van der Waals surface area contributed by atoms with Crippen LogP contribution in [0.2, 0.25) is 0 Å². The Bertz CT molecular complexity index is 507. The second-order valence-electron chi connectivity index (χ2n) is 4.45. The first-order chi connectivity index (χ1) is 6.71. The molecule has 0 saturated carbocycles. The zero-order valence-corrected chi connectivity index (χ0v) is 8.46. The minimum atomic E-state index is 0.159. The van der Waals surface area contributed by atoms with Crippen molar-refractivity contribution in [2.24, 2.45) is 0 Å². The summed E-state index contributed by atoms with van der Waals surface area (Å²) >= 11 is 0. The summed E-state index contributed by atoms with van der Waals surface area (Å²) < 4.78 is 0. The van der Waals surface area contributed by atoms with Crippen molar-refractivity contribution in [2.75, 3.05) is 0 Å². The average molecular weight is 180 g/mol. The topological polar surface area (TPSA) is 0 Å². The molecule has 14 heavy (non-hydrogen) atoms. The van der Waals surface area contributed by atoms with Crippen LogP contribution in [-0.2, 0) is 5.41 Å². The Morgan fingerprint density at radius 2 is 1.86 bits per heavy atom. The van der Waals surface area contributed by atoms with E-state index in [1.807, 2.05) is 0 Å². The van der Waals surface area contributed by atoms with E-state index in [1.54, 1.807) is 0 Å². The summed E-state index contributed by atoms with van der Waals surface area (Å²) in [6.07, 6.45) is 4.22. The monoisotopic (exact) mass is 180 g/mol. The number of fused-ring (bicyclic) bond motifs is 2. The fourth-order valence-corrected chi connectivity index (χ4v) is 2.51. The van der Waals surface area contributed by atoms with Crippen molar-refractivity contribution in [3.05, 3.63) is 58.8 Å². The highest BCUT2D eigenvalue weighted by Gasteiger charge is 2.36. The summed E-state index contributed by atoms with van der Waals surface area (Å²) in [5, 5.41) is 0. The molecule has 0 radical (unpaired) electrons. The van der Waals surface area contributed by atoms with Crippen LogP contribution in [-0.4, -0.2) is 0 Å². The van der Waals surface area contributed by atoms with E-state index in [2.05, 4.69) is 56.0 Å². The second kappa shape index (κ2) is 2.29. The molecule has 1 aromatic rings. The Morgan fingerprint density at radius 1 is 1.07 bits per heavy atom. The van der Waals surface area contributed by atoms with E-state index in [-0.39, 0.29) is 5.41 Å². The lowest BCUT2D eigenvalue weighted by atomic mass is 9.81. The standard InChI is InChI=1S/C14H12/c1-14(2)12-8-4-3-6-10(12)11-7-5-9-13(11)14/h3-4,6-9H,1-2H3. The van der Waals surface area contributed by atoms with E-state index in [1.165, 1.54) is 22.3 Å². The van der Waals surface area contributed by atoms with E-state index < -0.39 is 0 Å². The maximum atomic E-state index is 3.20. The van der Waals surface area contributed by atoms with Gasteiger partial charge in [-0.05, 0) is 34.4 Å². The van der Waals surface area contributed by atoms with E-state index in [9.17, 15) is 0 Å². The van der Waals surface area contributed by atoms with Crippen molar-refractivity contribution in [1.29, 1.82) is 0 Å². The van der Waals surface area contributed by atoms with E-state index in [0.717, 1.165) is 0 Å². The molecule has 0 bridgehead atoms. The molecule has 0 heterocycles. The van der Waals surface area contributed by atoms with Gasteiger partial charge in [-0.2, -0.15) is 0 Å². The summed E-state index contributed by atoms with van der Waals surface area (Å²) in [7, 11) is 0. The zero-order chi connectivity index (χ0) is 9.76. The van der Waals surface area contributed by atoms with Crippen LogP contribution in [0.25, 0.3) is 5.57 Å². The van der Waals surface area contributed by atoms with Gasteiger partial charge in [0.1, 0.15) is 0 Å².